The van der Waals surface area contributed by atoms with E-state index in [-0.39, 0.29) is 5.97 Å². The van der Waals surface area contributed by atoms with Gasteiger partial charge in [-0.25, -0.2) is 4.79 Å². The van der Waals surface area contributed by atoms with Crippen LogP contribution in [0.15, 0.2) is 0 Å². The Balaban J connectivity index is 2.22. The summed E-state index contributed by atoms with van der Waals surface area (Å²) in [6.07, 6.45) is 1.01. The fourth-order valence-corrected chi connectivity index (χ4v) is 1.96. The zero-order chi connectivity index (χ0) is 14.1. The van der Waals surface area contributed by atoms with Gasteiger partial charge in [0.1, 0.15) is 0 Å². The number of hydrogen-bond donors (Lipinski definition) is 1. The highest BCUT2D eigenvalue weighted by atomic mass is 16.6. The molecule has 6 nitrogen and oxygen atoms in total. The second kappa shape index (κ2) is 9.25. The van der Waals surface area contributed by atoms with Crippen molar-refractivity contribution in [1.29, 1.82) is 0 Å². The molecule has 1 rings (SSSR count). The number of morpholine rings is 1. The molecule has 1 aliphatic rings. The third-order valence-electron chi connectivity index (χ3n) is 3.04. The number of methoxy groups -OCH3 is 1. The lowest BCUT2D eigenvalue weighted by Crippen LogP contribution is -2.49. The Kier molecular flexibility index (Phi) is 7.97. The Labute approximate surface area is 114 Å². The minimum atomic E-state index is -0.549. The van der Waals surface area contributed by atoms with Crippen LogP contribution in [0.25, 0.3) is 0 Å². The Morgan fingerprint density at radius 3 is 3.05 bits per heavy atom. The average Bonchev–Trinajstić information content (AvgIpc) is 2.43. The number of β-amino-alcohol motifs (C(OH)–C–C–N with tert-alkyl or cyclic N) is 1. The van der Waals surface area contributed by atoms with Gasteiger partial charge in [-0.1, -0.05) is 13.3 Å². The van der Waals surface area contributed by atoms with E-state index < -0.39 is 12.2 Å². The van der Waals surface area contributed by atoms with Crippen molar-refractivity contribution in [2.24, 2.45) is 0 Å². The second-order valence-electron chi connectivity index (χ2n) is 4.72. The molecule has 1 saturated heterocycles. The molecule has 2 atom stereocenters. The summed E-state index contributed by atoms with van der Waals surface area (Å²) >= 11 is 0. The van der Waals surface area contributed by atoms with Crippen LogP contribution in [0.1, 0.15) is 19.8 Å². The summed E-state index contributed by atoms with van der Waals surface area (Å²) in [5, 5.41) is 9.86. The van der Waals surface area contributed by atoms with E-state index in [0.29, 0.717) is 39.5 Å². The lowest BCUT2D eigenvalue weighted by Gasteiger charge is -2.32. The highest BCUT2D eigenvalue weighted by Crippen LogP contribution is 2.07. The summed E-state index contributed by atoms with van der Waals surface area (Å²) in [5.74, 6) is -0.363. The molecule has 19 heavy (non-hydrogen) atoms. The largest absolute Gasteiger partial charge is 0.467 e. The number of hydrogen-bond acceptors (Lipinski definition) is 6. The normalized spacial score (nSPS) is 22.2. The van der Waals surface area contributed by atoms with Gasteiger partial charge in [0.2, 0.25) is 0 Å². The second-order valence-corrected chi connectivity index (χ2v) is 4.72. The lowest BCUT2D eigenvalue weighted by molar-refractivity contribution is -0.160. The predicted molar refractivity (Wildman–Crippen MR) is 69.9 cm³/mol. The summed E-state index contributed by atoms with van der Waals surface area (Å²) in [6.45, 7) is 5.24. The fourth-order valence-electron chi connectivity index (χ4n) is 1.96. The molecule has 0 saturated carbocycles. The van der Waals surface area contributed by atoms with E-state index in [0.717, 1.165) is 12.8 Å². The van der Waals surface area contributed by atoms with Gasteiger partial charge in [0.05, 0.1) is 26.4 Å². The fraction of sp³-hybridized carbons (Fsp3) is 0.923. The van der Waals surface area contributed by atoms with E-state index in [1.54, 1.807) is 0 Å². The molecule has 1 fully saturated rings. The maximum absolute atomic E-state index is 11.4. The van der Waals surface area contributed by atoms with Crippen LogP contribution in [0.3, 0.4) is 0 Å². The third-order valence-corrected chi connectivity index (χ3v) is 3.04. The summed E-state index contributed by atoms with van der Waals surface area (Å²) in [7, 11) is 1.35. The highest BCUT2D eigenvalue weighted by molar-refractivity contribution is 5.74. The average molecular weight is 275 g/mol. The zero-order valence-electron chi connectivity index (χ0n) is 11.8. The molecular weight excluding hydrogens is 250 g/mol. The van der Waals surface area contributed by atoms with Crippen LogP contribution >= 0.6 is 0 Å². The van der Waals surface area contributed by atoms with Gasteiger partial charge in [-0.2, -0.15) is 0 Å². The van der Waals surface area contributed by atoms with Crippen LogP contribution in [0, 0.1) is 0 Å². The number of aliphatic hydroxyl groups excluding tert-OH is 1. The van der Waals surface area contributed by atoms with Gasteiger partial charge in [0, 0.05) is 26.2 Å². The standard InChI is InChI=1S/C13H25NO5/c1-3-4-6-18-10-11(15)8-14-5-7-19-12(9-14)13(16)17-2/h11-12,15H,3-10H2,1-2H3. The van der Waals surface area contributed by atoms with Gasteiger partial charge in [-0.3, -0.25) is 4.90 Å². The quantitative estimate of drug-likeness (QED) is 0.498. The van der Waals surface area contributed by atoms with Crippen LogP contribution in [0.2, 0.25) is 0 Å². The Morgan fingerprint density at radius 1 is 1.58 bits per heavy atom. The van der Waals surface area contributed by atoms with E-state index in [1.165, 1.54) is 7.11 Å². The molecule has 0 amide bonds. The summed E-state index contributed by atoms with van der Waals surface area (Å²) in [6, 6.07) is 0. The van der Waals surface area contributed by atoms with Crippen molar-refractivity contribution in [2.75, 3.05) is 46.6 Å². The third kappa shape index (κ3) is 6.33. The Hall–Kier alpha value is -0.690. The molecule has 2 unspecified atom stereocenters. The molecule has 1 aliphatic heterocycles. The molecule has 0 bridgehead atoms. The van der Waals surface area contributed by atoms with Gasteiger partial charge < -0.3 is 19.3 Å². The number of esters is 1. The topological polar surface area (TPSA) is 68.2 Å². The van der Waals surface area contributed by atoms with Crippen LogP contribution in [0.5, 0.6) is 0 Å². The van der Waals surface area contributed by atoms with Crippen LogP contribution in [-0.2, 0) is 19.0 Å². The molecule has 1 heterocycles. The van der Waals surface area contributed by atoms with E-state index >= 15 is 0 Å². The first-order valence-corrected chi connectivity index (χ1v) is 6.85. The molecular formula is C13H25NO5. The number of unbranched alkanes of at least 4 members (excludes halogenated alkanes) is 1. The van der Waals surface area contributed by atoms with E-state index in [2.05, 4.69) is 11.7 Å². The van der Waals surface area contributed by atoms with Crippen molar-refractivity contribution in [3.63, 3.8) is 0 Å². The molecule has 0 aromatic carbocycles. The minimum absolute atomic E-state index is 0.334. The van der Waals surface area contributed by atoms with Crippen molar-refractivity contribution in [1.82, 2.24) is 4.90 Å². The number of nitrogens with zero attached hydrogens (tertiary/aromatic N) is 1. The molecule has 1 N–H and O–H groups in total. The molecule has 0 aliphatic carbocycles. The summed E-state index contributed by atoms with van der Waals surface area (Å²) in [4.78, 5) is 13.4. The van der Waals surface area contributed by atoms with Crippen molar-refractivity contribution < 1.29 is 24.1 Å². The van der Waals surface area contributed by atoms with Gasteiger partial charge in [-0.05, 0) is 6.42 Å². The summed E-state index contributed by atoms with van der Waals surface area (Å²) < 4.78 is 15.4. The number of rotatable bonds is 8. The number of aliphatic hydroxyl groups is 1. The van der Waals surface area contributed by atoms with Crippen LogP contribution < -0.4 is 0 Å². The number of carbonyl (C=O) groups is 1. The minimum Gasteiger partial charge on any atom is -0.467 e. The first-order valence-electron chi connectivity index (χ1n) is 6.85. The number of carbonyl (C=O) groups excluding carboxylic acids is 1. The maximum Gasteiger partial charge on any atom is 0.336 e. The SMILES string of the molecule is CCCCOCC(O)CN1CCOC(C(=O)OC)C1. The highest BCUT2D eigenvalue weighted by Gasteiger charge is 2.28. The molecule has 0 aromatic heterocycles. The smallest absolute Gasteiger partial charge is 0.336 e. The lowest BCUT2D eigenvalue weighted by atomic mass is 10.2. The Bertz CT molecular complexity index is 261. The van der Waals surface area contributed by atoms with Crippen molar-refractivity contribution in [2.45, 2.75) is 32.0 Å². The first-order chi connectivity index (χ1) is 9.17. The maximum atomic E-state index is 11.4. The van der Waals surface area contributed by atoms with Crippen LogP contribution in [-0.4, -0.2) is 74.7 Å². The summed E-state index contributed by atoms with van der Waals surface area (Å²) in [5.41, 5.74) is 0. The molecule has 0 aromatic rings. The molecule has 0 spiro atoms. The van der Waals surface area contributed by atoms with Crippen LogP contribution in [0.4, 0.5) is 0 Å². The molecule has 112 valence electrons. The van der Waals surface area contributed by atoms with Crippen molar-refractivity contribution in [3.05, 3.63) is 0 Å². The monoisotopic (exact) mass is 275 g/mol. The van der Waals surface area contributed by atoms with Crippen molar-refractivity contribution >= 4 is 5.97 Å². The Morgan fingerprint density at radius 2 is 2.37 bits per heavy atom. The van der Waals surface area contributed by atoms with E-state index in [4.69, 9.17) is 9.47 Å². The van der Waals surface area contributed by atoms with E-state index in [9.17, 15) is 9.90 Å². The van der Waals surface area contributed by atoms with E-state index in [1.807, 2.05) is 4.90 Å². The predicted octanol–water partition coefficient (Wildman–Crippen LogP) is 0.0378. The van der Waals surface area contributed by atoms with Gasteiger partial charge in [0.15, 0.2) is 6.10 Å². The molecule has 0 radical (unpaired) electrons. The zero-order valence-corrected chi connectivity index (χ0v) is 11.8. The van der Waals surface area contributed by atoms with Gasteiger partial charge in [0.25, 0.3) is 0 Å². The number of ether oxygens (including phenoxy) is 3. The van der Waals surface area contributed by atoms with Crippen molar-refractivity contribution in [3.8, 4) is 0 Å². The van der Waals surface area contributed by atoms with Gasteiger partial charge >= 0.3 is 5.97 Å². The van der Waals surface area contributed by atoms with Gasteiger partial charge in [-0.15, -0.1) is 0 Å². The first kappa shape index (κ1) is 16.4. The molecule has 6 heteroatoms.